The van der Waals surface area contributed by atoms with Crippen molar-refractivity contribution in [3.8, 4) is 0 Å². The molecule has 2 atom stereocenters. The minimum Gasteiger partial charge on any atom is -0.427 e. The predicted molar refractivity (Wildman–Crippen MR) is 122 cm³/mol. The van der Waals surface area contributed by atoms with Gasteiger partial charge < -0.3 is 18.9 Å². The Kier molecular flexibility index (Phi) is 10.9. The molecule has 0 heterocycles. The Hall–Kier alpha value is -2.70. The maximum absolute atomic E-state index is 12.5. The van der Waals surface area contributed by atoms with Gasteiger partial charge in [0.2, 0.25) is 12.6 Å². The molecule has 0 aliphatic rings. The van der Waals surface area contributed by atoms with E-state index in [0.29, 0.717) is 26.1 Å². The van der Waals surface area contributed by atoms with E-state index in [1.807, 2.05) is 88.4 Å². The summed E-state index contributed by atoms with van der Waals surface area (Å²) in [6, 6.07) is 19.0. The number of carbonyl (C=O) groups excluding carboxylic acids is 2. The Morgan fingerprint density at radius 1 is 0.625 bits per heavy atom. The molecule has 0 aliphatic carbocycles. The lowest BCUT2D eigenvalue weighted by atomic mass is 10.1. The van der Waals surface area contributed by atoms with E-state index in [2.05, 4.69) is 0 Å². The summed E-state index contributed by atoms with van der Waals surface area (Å²) in [7, 11) is 0. The van der Waals surface area contributed by atoms with Gasteiger partial charge in [0.15, 0.2) is 0 Å². The summed E-state index contributed by atoms with van der Waals surface area (Å²) in [5.74, 6) is -1.70. The molecule has 0 radical (unpaired) electrons. The fraction of sp³-hybridized carbons (Fsp3) is 0.462. The van der Waals surface area contributed by atoms with Crippen molar-refractivity contribution in [2.75, 3.05) is 13.2 Å². The third-order valence-corrected chi connectivity index (χ3v) is 4.36. The third kappa shape index (κ3) is 10.1. The fourth-order valence-electron chi connectivity index (χ4n) is 2.82. The standard InChI is InChI=1S/C26H34O6/c1-19(2)17-29-23(15-21-11-7-5-8-12-21)31-25(27)26(28)32-24(30-18-20(3)4)16-22-13-9-6-10-14-22/h5-14,19-20,23-24H,15-18H2,1-4H3. The van der Waals surface area contributed by atoms with Gasteiger partial charge in [-0.15, -0.1) is 0 Å². The number of hydrogen-bond donors (Lipinski definition) is 0. The van der Waals surface area contributed by atoms with E-state index in [1.165, 1.54) is 0 Å². The largest absolute Gasteiger partial charge is 0.427 e. The first-order valence-corrected chi connectivity index (χ1v) is 11.1. The minimum atomic E-state index is -1.10. The van der Waals surface area contributed by atoms with Crippen LogP contribution in [0.3, 0.4) is 0 Å². The van der Waals surface area contributed by atoms with Crippen LogP contribution in [0.2, 0.25) is 0 Å². The summed E-state index contributed by atoms with van der Waals surface area (Å²) in [6.07, 6.45) is -1.10. The highest BCUT2D eigenvalue weighted by Gasteiger charge is 2.27. The molecular formula is C26H34O6. The van der Waals surface area contributed by atoms with Gasteiger partial charge in [0.1, 0.15) is 0 Å². The Morgan fingerprint density at radius 2 is 0.969 bits per heavy atom. The van der Waals surface area contributed by atoms with Gasteiger partial charge in [0.05, 0.1) is 13.2 Å². The van der Waals surface area contributed by atoms with Crippen molar-refractivity contribution in [3.63, 3.8) is 0 Å². The Labute approximate surface area is 190 Å². The first-order chi connectivity index (χ1) is 15.3. The first-order valence-electron chi connectivity index (χ1n) is 11.1. The van der Waals surface area contributed by atoms with Crippen molar-refractivity contribution in [2.45, 2.75) is 53.1 Å². The molecule has 2 aromatic carbocycles. The molecule has 2 aromatic rings. The van der Waals surface area contributed by atoms with Crippen LogP contribution in [0.15, 0.2) is 60.7 Å². The van der Waals surface area contributed by atoms with E-state index in [9.17, 15) is 9.59 Å². The minimum absolute atomic E-state index is 0.249. The number of rotatable bonds is 12. The topological polar surface area (TPSA) is 71.1 Å². The van der Waals surface area contributed by atoms with Crippen molar-refractivity contribution in [1.29, 1.82) is 0 Å². The molecule has 6 nitrogen and oxygen atoms in total. The monoisotopic (exact) mass is 442 g/mol. The number of carbonyl (C=O) groups is 2. The lowest BCUT2D eigenvalue weighted by molar-refractivity contribution is -0.205. The average molecular weight is 443 g/mol. The van der Waals surface area contributed by atoms with Crippen LogP contribution in [0.5, 0.6) is 0 Å². The zero-order valence-corrected chi connectivity index (χ0v) is 19.4. The molecule has 2 rings (SSSR count). The van der Waals surface area contributed by atoms with E-state index in [0.717, 1.165) is 11.1 Å². The zero-order chi connectivity index (χ0) is 23.3. The molecule has 0 aromatic heterocycles. The molecule has 0 aliphatic heterocycles. The number of hydrogen-bond acceptors (Lipinski definition) is 6. The molecule has 2 unspecified atom stereocenters. The summed E-state index contributed by atoms with van der Waals surface area (Å²) in [4.78, 5) is 25.0. The SMILES string of the molecule is CC(C)COC(Cc1ccccc1)OC(=O)C(=O)OC(Cc1ccccc1)OCC(C)C. The van der Waals surface area contributed by atoms with Gasteiger partial charge in [-0.2, -0.15) is 0 Å². The number of benzene rings is 2. The first kappa shape index (κ1) is 25.6. The van der Waals surface area contributed by atoms with Crippen LogP contribution in [0, 0.1) is 11.8 Å². The summed E-state index contributed by atoms with van der Waals surface area (Å²) in [5, 5.41) is 0. The smallest absolute Gasteiger partial charge is 0.419 e. The van der Waals surface area contributed by atoms with Gasteiger partial charge in [-0.1, -0.05) is 88.4 Å². The van der Waals surface area contributed by atoms with Gasteiger partial charge >= 0.3 is 11.9 Å². The van der Waals surface area contributed by atoms with Crippen LogP contribution in [0.4, 0.5) is 0 Å². The van der Waals surface area contributed by atoms with Gasteiger partial charge in [0.25, 0.3) is 0 Å². The molecule has 0 saturated carbocycles. The summed E-state index contributed by atoms with van der Waals surface area (Å²) in [5.41, 5.74) is 1.87. The number of ether oxygens (including phenoxy) is 4. The molecule has 0 spiro atoms. The fourth-order valence-corrected chi connectivity index (χ4v) is 2.82. The second-order valence-electron chi connectivity index (χ2n) is 8.50. The summed E-state index contributed by atoms with van der Waals surface area (Å²) >= 11 is 0. The van der Waals surface area contributed by atoms with Crippen LogP contribution in [-0.2, 0) is 41.4 Å². The van der Waals surface area contributed by atoms with E-state index >= 15 is 0 Å². The summed E-state index contributed by atoms with van der Waals surface area (Å²) in [6.45, 7) is 8.78. The average Bonchev–Trinajstić information content (AvgIpc) is 2.77. The summed E-state index contributed by atoms with van der Waals surface area (Å²) < 4.78 is 22.2. The maximum atomic E-state index is 12.5. The molecule has 32 heavy (non-hydrogen) atoms. The van der Waals surface area contributed by atoms with Crippen molar-refractivity contribution in [2.24, 2.45) is 11.8 Å². The maximum Gasteiger partial charge on any atom is 0.419 e. The Bertz CT molecular complexity index is 734. The van der Waals surface area contributed by atoms with Crippen LogP contribution in [0.25, 0.3) is 0 Å². The second kappa shape index (κ2) is 13.7. The highest BCUT2D eigenvalue weighted by molar-refractivity contribution is 6.29. The third-order valence-electron chi connectivity index (χ3n) is 4.36. The van der Waals surface area contributed by atoms with Gasteiger partial charge in [0, 0.05) is 12.8 Å². The molecule has 0 bridgehead atoms. The van der Waals surface area contributed by atoms with E-state index in [1.54, 1.807) is 0 Å². The second-order valence-corrected chi connectivity index (χ2v) is 8.50. The lowest BCUT2D eigenvalue weighted by Crippen LogP contribution is -2.34. The van der Waals surface area contributed by atoms with E-state index in [4.69, 9.17) is 18.9 Å². The predicted octanol–water partition coefficient (Wildman–Crippen LogP) is 4.56. The van der Waals surface area contributed by atoms with Gasteiger partial charge in [-0.05, 0) is 23.0 Å². The molecule has 0 saturated heterocycles. The quantitative estimate of drug-likeness (QED) is 0.273. The van der Waals surface area contributed by atoms with Crippen molar-refractivity contribution >= 4 is 11.9 Å². The van der Waals surface area contributed by atoms with E-state index < -0.39 is 24.5 Å². The lowest BCUT2D eigenvalue weighted by Gasteiger charge is -2.21. The van der Waals surface area contributed by atoms with Crippen molar-refractivity contribution < 1.29 is 28.5 Å². The molecular weight excluding hydrogens is 408 g/mol. The van der Waals surface area contributed by atoms with Crippen molar-refractivity contribution in [3.05, 3.63) is 71.8 Å². The van der Waals surface area contributed by atoms with Crippen LogP contribution < -0.4 is 0 Å². The van der Waals surface area contributed by atoms with Crippen LogP contribution in [-0.4, -0.2) is 37.7 Å². The van der Waals surface area contributed by atoms with Gasteiger partial charge in [-0.3, -0.25) is 0 Å². The molecule has 6 heteroatoms. The molecule has 0 N–H and O–H groups in total. The van der Waals surface area contributed by atoms with Crippen LogP contribution >= 0.6 is 0 Å². The zero-order valence-electron chi connectivity index (χ0n) is 19.4. The van der Waals surface area contributed by atoms with E-state index in [-0.39, 0.29) is 11.8 Å². The highest BCUT2D eigenvalue weighted by atomic mass is 16.7. The molecule has 0 fully saturated rings. The van der Waals surface area contributed by atoms with Gasteiger partial charge in [-0.25, -0.2) is 9.59 Å². The molecule has 174 valence electrons. The Balaban J connectivity index is 2.00. The normalized spacial score (nSPS) is 13.1. The van der Waals surface area contributed by atoms with Crippen molar-refractivity contribution in [1.82, 2.24) is 0 Å². The highest BCUT2D eigenvalue weighted by Crippen LogP contribution is 2.13. The van der Waals surface area contributed by atoms with Crippen LogP contribution in [0.1, 0.15) is 38.8 Å². The number of esters is 2. The molecule has 0 amide bonds. The Morgan fingerprint density at radius 3 is 1.28 bits per heavy atom.